The lowest BCUT2D eigenvalue weighted by atomic mass is 9.85. The van der Waals surface area contributed by atoms with Gasteiger partial charge in [0.05, 0.1) is 0 Å². The molecule has 0 atom stereocenters. The Morgan fingerprint density at radius 3 is 2.45 bits per heavy atom. The van der Waals surface area contributed by atoms with E-state index in [4.69, 9.17) is 0 Å². The van der Waals surface area contributed by atoms with E-state index in [9.17, 15) is 0 Å². The van der Waals surface area contributed by atoms with Crippen molar-refractivity contribution in [3.8, 4) is 0 Å². The second kappa shape index (κ2) is 3.02. The summed E-state index contributed by atoms with van der Waals surface area (Å²) in [6, 6.07) is 0. The highest BCUT2D eigenvalue weighted by Crippen LogP contribution is 2.31. The van der Waals surface area contributed by atoms with Gasteiger partial charge in [-0.05, 0) is 11.0 Å². The molecule has 0 unspecified atom stereocenters. The second-order valence-electron chi connectivity index (χ2n) is 3.93. The first kappa shape index (κ1) is 8.85. The molecule has 62 valence electrons. The van der Waals surface area contributed by atoms with Gasteiger partial charge in [0, 0.05) is 24.1 Å². The molecule has 0 saturated heterocycles. The third-order valence-corrected chi connectivity index (χ3v) is 2.31. The molecule has 1 aliphatic rings. The minimum Gasteiger partial charge on any atom is -0.264 e. The van der Waals surface area contributed by atoms with Crippen LogP contribution in [0.25, 0.3) is 0 Å². The van der Waals surface area contributed by atoms with Crippen molar-refractivity contribution < 1.29 is 0 Å². The number of allylic oxidation sites excluding steroid dienone is 1. The van der Waals surface area contributed by atoms with Gasteiger partial charge in [0.2, 0.25) is 0 Å². The Morgan fingerprint density at radius 1 is 1.55 bits per heavy atom. The first-order chi connectivity index (χ1) is 5.04. The van der Waals surface area contributed by atoms with E-state index in [0.717, 1.165) is 12.2 Å². The highest BCUT2D eigenvalue weighted by molar-refractivity contribution is 7.81. The van der Waals surface area contributed by atoms with E-state index in [1.54, 1.807) is 0 Å². The standard InChI is InChI=1S/C9H15NS/c1-9(2,3)7-4-8(6-11)10-5-7/h5,11H,4,6H2,1-3H3. The summed E-state index contributed by atoms with van der Waals surface area (Å²) in [6.07, 6.45) is 3.01. The molecule has 0 radical (unpaired) electrons. The fraction of sp³-hybridized carbons (Fsp3) is 0.667. The Balaban J connectivity index is 2.60. The lowest BCUT2D eigenvalue weighted by Gasteiger charge is -2.19. The SMILES string of the molecule is CC(C)(C)C1=CN=C(CS)C1. The number of aliphatic imine (C=N–C) groups is 1. The van der Waals surface area contributed by atoms with Crippen LogP contribution in [-0.4, -0.2) is 11.5 Å². The highest BCUT2D eigenvalue weighted by Gasteiger charge is 2.20. The maximum absolute atomic E-state index is 4.28. The lowest BCUT2D eigenvalue weighted by Crippen LogP contribution is -2.10. The van der Waals surface area contributed by atoms with Crippen molar-refractivity contribution in [2.45, 2.75) is 27.2 Å². The number of thiol groups is 1. The van der Waals surface area contributed by atoms with Crippen molar-refractivity contribution in [1.29, 1.82) is 0 Å². The van der Waals surface area contributed by atoms with Gasteiger partial charge in [0.1, 0.15) is 0 Å². The van der Waals surface area contributed by atoms with E-state index in [1.165, 1.54) is 11.3 Å². The Hall–Kier alpha value is -0.240. The third kappa shape index (κ3) is 2.09. The molecule has 2 heteroatoms. The summed E-state index contributed by atoms with van der Waals surface area (Å²) in [7, 11) is 0. The summed E-state index contributed by atoms with van der Waals surface area (Å²) in [5.41, 5.74) is 2.88. The molecular formula is C9H15NS. The van der Waals surface area contributed by atoms with Crippen molar-refractivity contribution in [2.75, 3.05) is 5.75 Å². The maximum atomic E-state index is 4.28. The zero-order chi connectivity index (χ0) is 8.48. The molecule has 0 amide bonds. The van der Waals surface area contributed by atoms with Gasteiger partial charge in [-0.1, -0.05) is 20.8 Å². The molecule has 0 aromatic rings. The van der Waals surface area contributed by atoms with Gasteiger partial charge in [-0.25, -0.2) is 0 Å². The van der Waals surface area contributed by atoms with Crippen LogP contribution in [0, 0.1) is 5.41 Å². The molecule has 0 spiro atoms. The van der Waals surface area contributed by atoms with Crippen LogP contribution in [0.4, 0.5) is 0 Å². The molecule has 1 heterocycles. The molecule has 11 heavy (non-hydrogen) atoms. The van der Waals surface area contributed by atoms with Gasteiger partial charge in [0.25, 0.3) is 0 Å². The fourth-order valence-corrected chi connectivity index (χ4v) is 1.23. The van der Waals surface area contributed by atoms with Crippen molar-refractivity contribution in [3.05, 3.63) is 11.8 Å². The van der Waals surface area contributed by atoms with Crippen molar-refractivity contribution in [3.63, 3.8) is 0 Å². The molecule has 0 aromatic heterocycles. The Kier molecular flexibility index (Phi) is 2.43. The number of hydrogen-bond donors (Lipinski definition) is 1. The van der Waals surface area contributed by atoms with Gasteiger partial charge in [-0.2, -0.15) is 12.6 Å². The molecule has 0 fully saturated rings. The third-order valence-electron chi connectivity index (χ3n) is 1.94. The zero-order valence-corrected chi connectivity index (χ0v) is 8.28. The Labute approximate surface area is 74.0 Å². The number of rotatable bonds is 1. The van der Waals surface area contributed by atoms with E-state index >= 15 is 0 Å². The normalized spacial score (nSPS) is 18.2. The monoisotopic (exact) mass is 169 g/mol. The fourth-order valence-electron chi connectivity index (χ4n) is 1.04. The first-order valence-electron chi connectivity index (χ1n) is 3.90. The topological polar surface area (TPSA) is 12.4 Å². The van der Waals surface area contributed by atoms with Crippen molar-refractivity contribution in [2.24, 2.45) is 10.4 Å². The molecule has 0 N–H and O–H groups in total. The van der Waals surface area contributed by atoms with E-state index in [0.29, 0.717) is 0 Å². The molecular weight excluding hydrogens is 154 g/mol. The average Bonchev–Trinajstić information content (AvgIpc) is 2.32. The Bertz CT molecular complexity index is 208. The molecule has 0 saturated carbocycles. The smallest absolute Gasteiger partial charge is 0.0316 e. The van der Waals surface area contributed by atoms with Crippen LogP contribution >= 0.6 is 12.6 Å². The predicted octanol–water partition coefficient (Wildman–Crippen LogP) is 2.69. The maximum Gasteiger partial charge on any atom is 0.0316 e. The van der Waals surface area contributed by atoms with Gasteiger partial charge in [0.15, 0.2) is 0 Å². The van der Waals surface area contributed by atoms with Gasteiger partial charge >= 0.3 is 0 Å². The van der Waals surface area contributed by atoms with Crippen molar-refractivity contribution >= 4 is 18.3 Å². The van der Waals surface area contributed by atoms with E-state index in [2.05, 4.69) is 38.4 Å². The highest BCUT2D eigenvalue weighted by atomic mass is 32.1. The molecule has 1 nitrogen and oxygen atoms in total. The van der Waals surface area contributed by atoms with Crippen LogP contribution in [-0.2, 0) is 0 Å². The minimum absolute atomic E-state index is 0.272. The average molecular weight is 169 g/mol. The molecule has 1 rings (SSSR count). The summed E-state index contributed by atoms with van der Waals surface area (Å²) >= 11 is 4.19. The van der Waals surface area contributed by atoms with Gasteiger partial charge in [-0.15, -0.1) is 0 Å². The summed E-state index contributed by atoms with van der Waals surface area (Å²) in [4.78, 5) is 4.28. The van der Waals surface area contributed by atoms with Gasteiger partial charge in [-0.3, -0.25) is 4.99 Å². The van der Waals surface area contributed by atoms with Crippen LogP contribution in [0.2, 0.25) is 0 Å². The van der Waals surface area contributed by atoms with E-state index in [1.807, 2.05) is 6.20 Å². The quantitative estimate of drug-likeness (QED) is 0.579. The first-order valence-corrected chi connectivity index (χ1v) is 4.53. The zero-order valence-electron chi connectivity index (χ0n) is 7.39. The summed E-state index contributed by atoms with van der Waals surface area (Å²) in [6.45, 7) is 6.65. The van der Waals surface area contributed by atoms with Crippen LogP contribution in [0.1, 0.15) is 27.2 Å². The van der Waals surface area contributed by atoms with Crippen LogP contribution in [0.3, 0.4) is 0 Å². The lowest BCUT2D eigenvalue weighted by molar-refractivity contribution is 0.498. The number of hydrogen-bond acceptors (Lipinski definition) is 2. The minimum atomic E-state index is 0.272. The molecule has 1 aliphatic heterocycles. The predicted molar refractivity (Wildman–Crippen MR) is 53.4 cm³/mol. The molecule has 0 bridgehead atoms. The molecule has 0 aromatic carbocycles. The van der Waals surface area contributed by atoms with E-state index < -0.39 is 0 Å². The van der Waals surface area contributed by atoms with Crippen LogP contribution in [0.5, 0.6) is 0 Å². The van der Waals surface area contributed by atoms with Crippen LogP contribution in [0.15, 0.2) is 16.8 Å². The van der Waals surface area contributed by atoms with Gasteiger partial charge < -0.3 is 0 Å². The summed E-state index contributed by atoms with van der Waals surface area (Å²) in [5, 5.41) is 0. The van der Waals surface area contributed by atoms with E-state index in [-0.39, 0.29) is 5.41 Å². The van der Waals surface area contributed by atoms with Crippen molar-refractivity contribution in [1.82, 2.24) is 0 Å². The molecule has 0 aliphatic carbocycles. The van der Waals surface area contributed by atoms with Crippen LogP contribution < -0.4 is 0 Å². The summed E-state index contributed by atoms with van der Waals surface area (Å²) in [5.74, 6) is 0.788. The largest absolute Gasteiger partial charge is 0.264 e. The second-order valence-corrected chi connectivity index (χ2v) is 4.25. The number of nitrogens with zero attached hydrogens (tertiary/aromatic N) is 1. The summed E-state index contributed by atoms with van der Waals surface area (Å²) < 4.78 is 0. The Morgan fingerprint density at radius 2 is 2.18 bits per heavy atom.